The summed E-state index contributed by atoms with van der Waals surface area (Å²) < 4.78 is 5.98. The number of nitrogens with zero attached hydrogens (tertiary/aromatic N) is 1. The molecular weight excluding hydrogens is 306 g/mol. The number of carbonyl (C=O) groups is 1. The van der Waals surface area contributed by atoms with E-state index < -0.39 is 11.4 Å². The number of thiazole rings is 1. The second-order valence-electron chi connectivity index (χ2n) is 5.37. The maximum atomic E-state index is 11.3. The van der Waals surface area contributed by atoms with Gasteiger partial charge in [0.1, 0.15) is 16.2 Å². The molecule has 0 radical (unpaired) electrons. The summed E-state index contributed by atoms with van der Waals surface area (Å²) in [6, 6.07) is 7.93. The van der Waals surface area contributed by atoms with Gasteiger partial charge in [-0.15, -0.1) is 23.1 Å². The molecule has 0 saturated heterocycles. The van der Waals surface area contributed by atoms with E-state index in [0.29, 0.717) is 5.69 Å². The predicted octanol–water partition coefficient (Wildman–Crippen LogP) is 3.73. The van der Waals surface area contributed by atoms with Crippen molar-refractivity contribution in [3.63, 3.8) is 0 Å². The van der Waals surface area contributed by atoms with E-state index >= 15 is 0 Å². The number of aliphatic carboxylic acids is 1. The van der Waals surface area contributed by atoms with Crippen molar-refractivity contribution in [1.82, 2.24) is 4.98 Å². The zero-order valence-corrected chi connectivity index (χ0v) is 13.3. The largest absolute Gasteiger partial charge is 0.481 e. The summed E-state index contributed by atoms with van der Waals surface area (Å²) >= 11 is 3.20. The average Bonchev–Trinajstić information content (AvgIpc) is 2.97. The first-order valence-corrected chi connectivity index (χ1v) is 8.43. The van der Waals surface area contributed by atoms with Gasteiger partial charge in [0, 0.05) is 16.0 Å². The van der Waals surface area contributed by atoms with E-state index in [2.05, 4.69) is 4.98 Å². The van der Waals surface area contributed by atoms with Gasteiger partial charge in [-0.2, -0.15) is 0 Å². The van der Waals surface area contributed by atoms with Crippen LogP contribution in [-0.4, -0.2) is 21.8 Å². The lowest BCUT2D eigenvalue weighted by Gasteiger charge is -2.24. The summed E-state index contributed by atoms with van der Waals surface area (Å²) in [7, 11) is 0. The van der Waals surface area contributed by atoms with Crippen LogP contribution < -0.4 is 4.74 Å². The Labute approximate surface area is 131 Å². The monoisotopic (exact) mass is 321 g/mol. The van der Waals surface area contributed by atoms with E-state index in [-0.39, 0.29) is 6.10 Å². The number of hydrogen-bond acceptors (Lipinski definition) is 5. The second-order valence-corrected chi connectivity index (χ2v) is 7.32. The molecule has 2 heterocycles. The van der Waals surface area contributed by atoms with Gasteiger partial charge in [-0.1, -0.05) is 12.1 Å². The minimum atomic E-state index is -0.978. The SMILES string of the molecule is CC(C)(C(=O)O)c1csc(C2CSc3ccccc3O2)n1. The Bertz CT molecular complexity index is 681. The normalized spacial score (nSPS) is 17.9. The third kappa shape index (κ3) is 2.65. The van der Waals surface area contributed by atoms with Crippen LogP contribution in [0.4, 0.5) is 0 Å². The molecular formula is C15H15NO3S2. The standard InChI is InChI=1S/C15H15NO3S2/c1-15(2,14(17)18)12-8-21-13(16-12)10-7-20-11-6-4-3-5-9(11)19-10/h3-6,8,10H,7H2,1-2H3,(H,17,18). The number of para-hydroxylation sites is 1. The predicted molar refractivity (Wildman–Crippen MR) is 83.3 cm³/mol. The summed E-state index contributed by atoms with van der Waals surface area (Å²) in [4.78, 5) is 16.9. The molecule has 1 N–H and O–H groups in total. The summed E-state index contributed by atoms with van der Waals surface area (Å²) in [5.41, 5.74) is -0.392. The van der Waals surface area contributed by atoms with Gasteiger partial charge in [-0.25, -0.2) is 4.98 Å². The lowest BCUT2D eigenvalue weighted by atomic mass is 9.90. The van der Waals surface area contributed by atoms with Gasteiger partial charge in [-0.05, 0) is 26.0 Å². The summed E-state index contributed by atoms with van der Waals surface area (Å²) in [5.74, 6) is 0.786. The zero-order chi connectivity index (χ0) is 15.0. The van der Waals surface area contributed by atoms with E-state index in [1.807, 2.05) is 29.6 Å². The molecule has 0 fully saturated rings. The minimum absolute atomic E-state index is 0.117. The third-order valence-electron chi connectivity index (χ3n) is 3.48. The number of aromatic nitrogens is 1. The topological polar surface area (TPSA) is 59.4 Å². The van der Waals surface area contributed by atoms with Crippen molar-refractivity contribution in [3.05, 3.63) is 40.3 Å². The highest BCUT2D eigenvalue weighted by Gasteiger charge is 2.33. The van der Waals surface area contributed by atoms with Gasteiger partial charge in [0.05, 0.1) is 5.69 Å². The van der Waals surface area contributed by atoms with Crippen LogP contribution in [0.5, 0.6) is 5.75 Å². The molecule has 1 unspecified atom stereocenters. The van der Waals surface area contributed by atoms with Crippen molar-refractivity contribution in [3.8, 4) is 5.75 Å². The Balaban J connectivity index is 1.84. The van der Waals surface area contributed by atoms with Crippen molar-refractivity contribution in [2.45, 2.75) is 30.3 Å². The lowest BCUT2D eigenvalue weighted by Crippen LogP contribution is -2.29. The number of fused-ring (bicyclic) bond motifs is 1. The number of carboxylic acids is 1. The maximum absolute atomic E-state index is 11.3. The van der Waals surface area contributed by atoms with Crippen LogP contribution in [0.3, 0.4) is 0 Å². The highest BCUT2D eigenvalue weighted by molar-refractivity contribution is 7.99. The molecule has 1 aliphatic heterocycles. The first-order valence-electron chi connectivity index (χ1n) is 6.56. The number of rotatable bonds is 3. The van der Waals surface area contributed by atoms with E-state index in [1.54, 1.807) is 25.6 Å². The number of thioether (sulfide) groups is 1. The molecule has 1 atom stereocenters. The quantitative estimate of drug-likeness (QED) is 0.933. The van der Waals surface area contributed by atoms with Crippen LogP contribution in [0.15, 0.2) is 34.5 Å². The van der Waals surface area contributed by atoms with E-state index in [4.69, 9.17) is 4.74 Å². The first kappa shape index (κ1) is 14.4. The van der Waals surface area contributed by atoms with Crippen LogP contribution in [-0.2, 0) is 10.2 Å². The van der Waals surface area contributed by atoms with E-state index in [0.717, 1.165) is 21.4 Å². The van der Waals surface area contributed by atoms with Crippen LogP contribution in [0.25, 0.3) is 0 Å². The smallest absolute Gasteiger partial charge is 0.315 e. The highest BCUT2D eigenvalue weighted by Crippen LogP contribution is 2.41. The van der Waals surface area contributed by atoms with Crippen molar-refractivity contribution in [1.29, 1.82) is 0 Å². The molecule has 3 rings (SSSR count). The second kappa shape index (κ2) is 5.35. The summed E-state index contributed by atoms with van der Waals surface area (Å²) in [6.45, 7) is 3.33. The van der Waals surface area contributed by atoms with Crippen LogP contribution >= 0.6 is 23.1 Å². The highest BCUT2D eigenvalue weighted by atomic mass is 32.2. The van der Waals surface area contributed by atoms with Crippen molar-refractivity contribution < 1.29 is 14.6 Å². The van der Waals surface area contributed by atoms with Crippen LogP contribution in [0.2, 0.25) is 0 Å². The molecule has 110 valence electrons. The lowest BCUT2D eigenvalue weighted by molar-refractivity contribution is -0.142. The Morgan fingerprint density at radius 3 is 2.95 bits per heavy atom. The molecule has 1 aromatic heterocycles. The van der Waals surface area contributed by atoms with Gasteiger partial charge < -0.3 is 9.84 Å². The molecule has 1 aromatic carbocycles. The number of ether oxygens (including phenoxy) is 1. The van der Waals surface area contributed by atoms with Gasteiger partial charge in [-0.3, -0.25) is 4.79 Å². The maximum Gasteiger partial charge on any atom is 0.315 e. The Morgan fingerprint density at radius 1 is 1.43 bits per heavy atom. The minimum Gasteiger partial charge on any atom is -0.481 e. The zero-order valence-electron chi connectivity index (χ0n) is 11.7. The molecule has 2 aromatic rings. The van der Waals surface area contributed by atoms with Gasteiger partial charge in [0.2, 0.25) is 0 Å². The van der Waals surface area contributed by atoms with Crippen LogP contribution in [0.1, 0.15) is 30.7 Å². The fraction of sp³-hybridized carbons (Fsp3) is 0.333. The average molecular weight is 321 g/mol. The molecule has 4 nitrogen and oxygen atoms in total. The molecule has 0 bridgehead atoms. The molecule has 0 spiro atoms. The molecule has 0 aliphatic carbocycles. The summed E-state index contributed by atoms with van der Waals surface area (Å²) in [5, 5.41) is 11.9. The number of carboxylic acid groups (broad SMARTS) is 1. The van der Waals surface area contributed by atoms with Crippen molar-refractivity contribution >= 4 is 29.1 Å². The molecule has 21 heavy (non-hydrogen) atoms. The fourth-order valence-electron chi connectivity index (χ4n) is 1.97. The molecule has 6 heteroatoms. The number of hydrogen-bond donors (Lipinski definition) is 1. The van der Waals surface area contributed by atoms with Gasteiger partial charge in [0.25, 0.3) is 0 Å². The van der Waals surface area contributed by atoms with Crippen molar-refractivity contribution in [2.75, 3.05) is 5.75 Å². The van der Waals surface area contributed by atoms with E-state index in [9.17, 15) is 9.90 Å². The molecule has 0 amide bonds. The Hall–Kier alpha value is -1.53. The van der Waals surface area contributed by atoms with E-state index in [1.165, 1.54) is 11.3 Å². The van der Waals surface area contributed by atoms with Crippen molar-refractivity contribution in [2.24, 2.45) is 0 Å². The van der Waals surface area contributed by atoms with Gasteiger partial charge >= 0.3 is 5.97 Å². The van der Waals surface area contributed by atoms with Crippen LogP contribution in [0, 0.1) is 0 Å². The fourth-order valence-corrected chi connectivity index (χ4v) is 4.08. The molecule has 1 aliphatic rings. The Kier molecular flexibility index (Phi) is 3.67. The summed E-state index contributed by atoms with van der Waals surface area (Å²) in [6.07, 6.45) is -0.117. The van der Waals surface area contributed by atoms with Gasteiger partial charge in [0.15, 0.2) is 6.10 Å². The Morgan fingerprint density at radius 2 is 2.19 bits per heavy atom. The third-order valence-corrected chi connectivity index (χ3v) is 5.54. The first-order chi connectivity index (χ1) is 9.98. The molecule has 0 saturated carbocycles. The number of benzene rings is 1.